The van der Waals surface area contributed by atoms with Crippen molar-refractivity contribution in [3.05, 3.63) is 64.0 Å². The van der Waals surface area contributed by atoms with E-state index in [1.54, 1.807) is 36.1 Å². The first-order valence-electron chi connectivity index (χ1n) is 8.45. The number of fused-ring (bicyclic) bond motifs is 1. The molecule has 27 heavy (non-hydrogen) atoms. The summed E-state index contributed by atoms with van der Waals surface area (Å²) in [7, 11) is 0. The van der Waals surface area contributed by atoms with Crippen LogP contribution in [0.4, 0.5) is 10.8 Å². The zero-order chi connectivity index (χ0) is 19.0. The van der Waals surface area contributed by atoms with Gasteiger partial charge < -0.3 is 4.90 Å². The highest BCUT2D eigenvalue weighted by Crippen LogP contribution is 2.34. The molecule has 0 fully saturated rings. The van der Waals surface area contributed by atoms with Gasteiger partial charge in [-0.25, -0.2) is 4.98 Å². The average molecular weight is 398 g/mol. The van der Waals surface area contributed by atoms with Crippen LogP contribution in [0, 0.1) is 0 Å². The first-order chi connectivity index (χ1) is 13.0. The predicted octanol–water partition coefficient (Wildman–Crippen LogP) is 4.62. The molecular weight excluding hydrogens is 382 g/mol. The number of benzene rings is 2. The van der Waals surface area contributed by atoms with E-state index in [4.69, 9.17) is 11.6 Å². The molecule has 0 bridgehead atoms. The van der Waals surface area contributed by atoms with Crippen LogP contribution in [-0.2, 0) is 11.2 Å². The molecule has 0 saturated heterocycles. The van der Waals surface area contributed by atoms with E-state index in [9.17, 15) is 9.59 Å². The van der Waals surface area contributed by atoms with Crippen molar-refractivity contribution in [1.29, 1.82) is 0 Å². The second-order valence-electron chi connectivity index (χ2n) is 6.26. The van der Waals surface area contributed by atoms with Crippen molar-refractivity contribution in [1.82, 2.24) is 4.98 Å². The molecule has 0 spiro atoms. The smallest absolute Gasteiger partial charge is 0.257 e. The summed E-state index contributed by atoms with van der Waals surface area (Å²) in [5.41, 5.74) is 4.32. The highest BCUT2D eigenvalue weighted by molar-refractivity contribution is 7.14. The number of anilines is 2. The molecule has 0 aliphatic carbocycles. The number of amides is 2. The van der Waals surface area contributed by atoms with E-state index in [0.29, 0.717) is 22.3 Å². The van der Waals surface area contributed by atoms with Crippen LogP contribution in [0.5, 0.6) is 0 Å². The van der Waals surface area contributed by atoms with E-state index in [2.05, 4.69) is 10.3 Å². The Bertz CT molecular complexity index is 1030. The number of carbonyl (C=O) groups is 2. The number of halogens is 1. The van der Waals surface area contributed by atoms with Gasteiger partial charge in [0.05, 0.1) is 5.69 Å². The molecular formula is C20H16ClN3O2S. The minimum Gasteiger partial charge on any atom is -0.312 e. The monoisotopic (exact) mass is 397 g/mol. The van der Waals surface area contributed by atoms with Crippen molar-refractivity contribution in [3.63, 3.8) is 0 Å². The summed E-state index contributed by atoms with van der Waals surface area (Å²) in [5.74, 6) is -0.190. The van der Waals surface area contributed by atoms with Gasteiger partial charge in [0.2, 0.25) is 5.91 Å². The predicted molar refractivity (Wildman–Crippen MR) is 109 cm³/mol. The van der Waals surface area contributed by atoms with Gasteiger partial charge in [-0.15, -0.1) is 11.3 Å². The van der Waals surface area contributed by atoms with E-state index in [1.165, 1.54) is 16.9 Å². The molecule has 2 heterocycles. The van der Waals surface area contributed by atoms with E-state index in [0.717, 1.165) is 23.4 Å². The number of rotatable bonds is 3. The standard InChI is InChI=1S/C20H16ClN3O2S/c1-12(25)24-9-8-13-2-3-15(10-18(13)24)17-11-27-20(22-17)23-19(26)14-4-6-16(21)7-5-14/h2-7,10-11H,8-9H2,1H3,(H,22,23,26). The molecule has 1 N–H and O–H groups in total. The number of nitrogens with zero attached hydrogens (tertiary/aromatic N) is 2. The van der Waals surface area contributed by atoms with Crippen LogP contribution in [0.25, 0.3) is 11.3 Å². The van der Waals surface area contributed by atoms with Crippen LogP contribution in [0.2, 0.25) is 5.02 Å². The third-order valence-corrected chi connectivity index (χ3v) is 5.50. The maximum absolute atomic E-state index is 12.3. The molecule has 0 atom stereocenters. The lowest BCUT2D eigenvalue weighted by Gasteiger charge is -2.15. The molecule has 0 radical (unpaired) electrons. The lowest BCUT2D eigenvalue weighted by Crippen LogP contribution is -2.25. The lowest BCUT2D eigenvalue weighted by atomic mass is 10.1. The van der Waals surface area contributed by atoms with Gasteiger partial charge in [-0.1, -0.05) is 23.7 Å². The molecule has 0 unspecified atom stereocenters. The summed E-state index contributed by atoms with van der Waals surface area (Å²) in [6.07, 6.45) is 0.870. The Morgan fingerprint density at radius 3 is 2.70 bits per heavy atom. The number of thiazole rings is 1. The average Bonchev–Trinajstić information content (AvgIpc) is 3.28. The summed E-state index contributed by atoms with van der Waals surface area (Å²) in [6, 6.07) is 12.7. The van der Waals surface area contributed by atoms with Gasteiger partial charge >= 0.3 is 0 Å². The van der Waals surface area contributed by atoms with Crippen LogP contribution in [-0.4, -0.2) is 23.3 Å². The maximum Gasteiger partial charge on any atom is 0.257 e. The van der Waals surface area contributed by atoms with Crippen LogP contribution in [0.15, 0.2) is 47.8 Å². The molecule has 7 heteroatoms. The number of hydrogen-bond donors (Lipinski definition) is 1. The molecule has 4 rings (SSSR count). The first kappa shape index (κ1) is 17.7. The Hall–Kier alpha value is -2.70. The molecule has 1 aromatic heterocycles. The summed E-state index contributed by atoms with van der Waals surface area (Å²) >= 11 is 7.21. The molecule has 136 valence electrons. The zero-order valence-electron chi connectivity index (χ0n) is 14.5. The number of carbonyl (C=O) groups excluding carboxylic acids is 2. The normalized spacial score (nSPS) is 12.7. The van der Waals surface area contributed by atoms with Gasteiger partial charge in [-0.05, 0) is 42.3 Å². The van der Waals surface area contributed by atoms with Crippen LogP contribution < -0.4 is 10.2 Å². The van der Waals surface area contributed by atoms with Crippen LogP contribution in [0.3, 0.4) is 0 Å². The van der Waals surface area contributed by atoms with E-state index in [-0.39, 0.29) is 11.8 Å². The second kappa shape index (κ2) is 7.13. The van der Waals surface area contributed by atoms with Crippen molar-refractivity contribution in [2.45, 2.75) is 13.3 Å². The lowest BCUT2D eigenvalue weighted by molar-refractivity contribution is -0.116. The molecule has 1 aliphatic heterocycles. The first-order valence-corrected chi connectivity index (χ1v) is 9.71. The molecule has 2 amide bonds. The van der Waals surface area contributed by atoms with E-state index < -0.39 is 0 Å². The van der Waals surface area contributed by atoms with Gasteiger partial charge in [-0.2, -0.15) is 0 Å². The molecule has 5 nitrogen and oxygen atoms in total. The molecule has 1 aliphatic rings. The highest BCUT2D eigenvalue weighted by atomic mass is 35.5. The van der Waals surface area contributed by atoms with Crippen LogP contribution in [0.1, 0.15) is 22.8 Å². The fourth-order valence-corrected chi connectivity index (χ4v) is 3.94. The minimum absolute atomic E-state index is 0.0418. The fourth-order valence-electron chi connectivity index (χ4n) is 3.10. The van der Waals surface area contributed by atoms with E-state index in [1.807, 2.05) is 23.6 Å². The number of hydrogen-bond acceptors (Lipinski definition) is 4. The van der Waals surface area contributed by atoms with Gasteiger partial charge in [0.15, 0.2) is 5.13 Å². The van der Waals surface area contributed by atoms with Gasteiger partial charge in [-0.3, -0.25) is 14.9 Å². The maximum atomic E-state index is 12.3. The Morgan fingerprint density at radius 1 is 1.19 bits per heavy atom. The third-order valence-electron chi connectivity index (χ3n) is 4.49. The molecule has 2 aromatic carbocycles. The fraction of sp³-hybridized carbons (Fsp3) is 0.150. The van der Waals surface area contributed by atoms with E-state index >= 15 is 0 Å². The number of nitrogens with one attached hydrogen (secondary N) is 1. The van der Waals surface area contributed by atoms with Crippen molar-refractivity contribution in [3.8, 4) is 11.3 Å². The Kier molecular flexibility index (Phi) is 4.68. The zero-order valence-corrected chi connectivity index (χ0v) is 16.1. The summed E-state index contributed by atoms with van der Waals surface area (Å²) < 4.78 is 0. The van der Waals surface area contributed by atoms with Crippen molar-refractivity contribution >= 4 is 45.6 Å². The van der Waals surface area contributed by atoms with Gasteiger partial charge in [0.25, 0.3) is 5.91 Å². The minimum atomic E-state index is -0.232. The van der Waals surface area contributed by atoms with Crippen LogP contribution >= 0.6 is 22.9 Å². The van der Waals surface area contributed by atoms with Crippen molar-refractivity contribution in [2.24, 2.45) is 0 Å². The quantitative estimate of drug-likeness (QED) is 0.701. The Balaban J connectivity index is 1.55. The molecule has 0 saturated carbocycles. The van der Waals surface area contributed by atoms with Gasteiger partial charge in [0, 0.05) is 40.7 Å². The Morgan fingerprint density at radius 2 is 1.96 bits per heavy atom. The largest absolute Gasteiger partial charge is 0.312 e. The van der Waals surface area contributed by atoms with Crippen molar-refractivity contribution < 1.29 is 9.59 Å². The number of aromatic nitrogens is 1. The Labute approximate surface area is 165 Å². The summed E-state index contributed by atoms with van der Waals surface area (Å²) in [4.78, 5) is 30.4. The summed E-state index contributed by atoms with van der Waals surface area (Å²) in [6.45, 7) is 2.29. The SMILES string of the molecule is CC(=O)N1CCc2ccc(-c3csc(NC(=O)c4ccc(Cl)cc4)n3)cc21. The third kappa shape index (κ3) is 3.59. The summed E-state index contributed by atoms with van der Waals surface area (Å²) in [5, 5.41) is 5.81. The topological polar surface area (TPSA) is 62.3 Å². The van der Waals surface area contributed by atoms with Crippen molar-refractivity contribution in [2.75, 3.05) is 16.8 Å². The highest BCUT2D eigenvalue weighted by Gasteiger charge is 2.23. The second-order valence-corrected chi connectivity index (χ2v) is 7.56. The van der Waals surface area contributed by atoms with Gasteiger partial charge in [0.1, 0.15) is 0 Å². The molecule has 3 aromatic rings.